The summed E-state index contributed by atoms with van der Waals surface area (Å²) < 4.78 is 0. The lowest BCUT2D eigenvalue weighted by Crippen LogP contribution is -2.23. The Morgan fingerprint density at radius 1 is 1.00 bits per heavy atom. The fraction of sp³-hybridized carbons (Fsp3) is 0.0526. The third-order valence-electron chi connectivity index (χ3n) is 3.52. The summed E-state index contributed by atoms with van der Waals surface area (Å²) in [4.78, 5) is 24.5. The molecule has 1 N–H and O–H groups in total. The maximum absolute atomic E-state index is 12.4. The first-order valence-corrected chi connectivity index (χ1v) is 8.15. The van der Waals surface area contributed by atoms with Gasteiger partial charge in [-0.05, 0) is 30.7 Å². The van der Waals surface area contributed by atoms with Gasteiger partial charge in [0.1, 0.15) is 5.00 Å². The molecule has 0 fully saturated rings. The van der Waals surface area contributed by atoms with Gasteiger partial charge in [-0.2, -0.15) is 0 Å². The summed E-state index contributed by atoms with van der Waals surface area (Å²) in [6.45, 7) is 1.89. The fourth-order valence-corrected chi connectivity index (χ4v) is 3.39. The molecule has 0 saturated heterocycles. The first-order valence-electron chi connectivity index (χ1n) is 7.33. The predicted molar refractivity (Wildman–Crippen MR) is 93.2 cm³/mol. The first kappa shape index (κ1) is 16.0. The maximum Gasteiger partial charge on any atom is 0.256 e. The third kappa shape index (κ3) is 3.36. The Hall–Kier alpha value is -2.92. The van der Waals surface area contributed by atoms with Crippen LogP contribution in [0.3, 0.4) is 0 Å². The van der Waals surface area contributed by atoms with Gasteiger partial charge in [0.15, 0.2) is 0 Å². The van der Waals surface area contributed by atoms with Gasteiger partial charge in [0.05, 0.1) is 5.97 Å². The van der Waals surface area contributed by atoms with Gasteiger partial charge in [-0.1, -0.05) is 48.0 Å². The van der Waals surface area contributed by atoms with Crippen molar-refractivity contribution in [3.8, 4) is 10.4 Å². The van der Waals surface area contributed by atoms with E-state index in [4.69, 9.17) is 0 Å². The summed E-state index contributed by atoms with van der Waals surface area (Å²) in [5.41, 5.74) is 2.31. The Bertz CT molecular complexity index is 900. The number of carbonyl (C=O) groups excluding carboxylic acids is 2. The molecular formula is C19H14NO3S-. The van der Waals surface area contributed by atoms with E-state index in [0.717, 1.165) is 16.0 Å². The molecule has 0 radical (unpaired) electrons. The Balaban J connectivity index is 1.94. The number of carboxylic acid groups (broad SMARTS) is 1. The van der Waals surface area contributed by atoms with Crippen LogP contribution in [0.2, 0.25) is 0 Å². The van der Waals surface area contributed by atoms with E-state index in [0.29, 0.717) is 5.56 Å². The molecule has 0 aliphatic heterocycles. The summed E-state index contributed by atoms with van der Waals surface area (Å²) >= 11 is 1.22. The highest BCUT2D eigenvalue weighted by molar-refractivity contribution is 7.20. The molecule has 1 amide bonds. The quantitative estimate of drug-likeness (QED) is 0.794. The minimum Gasteiger partial charge on any atom is -0.545 e. The number of amides is 1. The van der Waals surface area contributed by atoms with Crippen molar-refractivity contribution in [2.75, 3.05) is 5.32 Å². The van der Waals surface area contributed by atoms with E-state index in [-0.39, 0.29) is 16.5 Å². The molecule has 1 aromatic heterocycles. The van der Waals surface area contributed by atoms with Crippen molar-refractivity contribution in [2.45, 2.75) is 6.92 Å². The van der Waals surface area contributed by atoms with Crippen LogP contribution in [0.15, 0.2) is 60.7 Å². The largest absolute Gasteiger partial charge is 0.545 e. The van der Waals surface area contributed by atoms with Gasteiger partial charge in [-0.15, -0.1) is 11.3 Å². The molecular weight excluding hydrogens is 322 g/mol. The molecule has 5 heteroatoms. The number of carbonyl (C=O) groups is 2. The van der Waals surface area contributed by atoms with Crippen LogP contribution in [-0.2, 0) is 0 Å². The minimum atomic E-state index is -1.31. The van der Waals surface area contributed by atoms with Gasteiger partial charge in [0.2, 0.25) is 0 Å². The fourth-order valence-electron chi connectivity index (χ4n) is 2.34. The van der Waals surface area contributed by atoms with Crippen LogP contribution in [0.4, 0.5) is 5.00 Å². The van der Waals surface area contributed by atoms with E-state index in [1.807, 2.05) is 43.3 Å². The van der Waals surface area contributed by atoms with Crippen LogP contribution in [0.1, 0.15) is 26.3 Å². The second-order valence-corrected chi connectivity index (χ2v) is 6.38. The number of nitrogens with one attached hydrogen (secondary N) is 1. The van der Waals surface area contributed by atoms with Crippen LogP contribution < -0.4 is 10.4 Å². The minimum absolute atomic E-state index is 0.0140. The summed E-state index contributed by atoms with van der Waals surface area (Å²) in [5, 5.41) is 14.3. The van der Waals surface area contributed by atoms with Crippen molar-refractivity contribution in [1.29, 1.82) is 0 Å². The van der Waals surface area contributed by atoms with E-state index >= 15 is 0 Å². The standard InChI is InChI=1S/C19H15NO3S/c1-12-6-5-9-14(10-12)17(21)20-18-15(19(22)23)11-16(24-18)13-7-3-2-4-8-13/h2-11H,1H3,(H,20,21)(H,22,23)/p-1. The number of hydrogen-bond acceptors (Lipinski definition) is 4. The number of aromatic carboxylic acids is 1. The first-order chi connectivity index (χ1) is 11.5. The van der Waals surface area contributed by atoms with E-state index in [2.05, 4.69) is 5.32 Å². The van der Waals surface area contributed by atoms with Gasteiger partial charge in [0.25, 0.3) is 5.91 Å². The number of aryl methyl sites for hydroxylation is 1. The molecule has 1 heterocycles. The zero-order valence-corrected chi connectivity index (χ0v) is 13.7. The smallest absolute Gasteiger partial charge is 0.256 e. The molecule has 0 bridgehead atoms. The zero-order valence-electron chi connectivity index (χ0n) is 12.9. The molecule has 0 aliphatic rings. The van der Waals surface area contributed by atoms with E-state index in [1.54, 1.807) is 18.2 Å². The molecule has 120 valence electrons. The lowest BCUT2D eigenvalue weighted by atomic mass is 10.1. The zero-order chi connectivity index (χ0) is 17.1. The number of carboxylic acids is 1. The summed E-state index contributed by atoms with van der Waals surface area (Å²) in [6.07, 6.45) is 0. The Morgan fingerprint density at radius 2 is 1.75 bits per heavy atom. The van der Waals surface area contributed by atoms with E-state index < -0.39 is 5.97 Å². The third-order valence-corrected chi connectivity index (χ3v) is 4.62. The van der Waals surface area contributed by atoms with Crippen LogP contribution in [0, 0.1) is 6.92 Å². The lowest BCUT2D eigenvalue weighted by molar-refractivity contribution is -0.254. The van der Waals surface area contributed by atoms with Crippen LogP contribution in [0.25, 0.3) is 10.4 Å². The molecule has 2 aromatic carbocycles. The molecule has 0 atom stereocenters. The molecule has 3 aromatic rings. The molecule has 0 aliphatic carbocycles. The van der Waals surface area contributed by atoms with Crippen molar-refractivity contribution < 1.29 is 14.7 Å². The molecule has 0 unspecified atom stereocenters. The Morgan fingerprint density at radius 3 is 2.42 bits per heavy atom. The van der Waals surface area contributed by atoms with Gasteiger partial charge in [-0.25, -0.2) is 0 Å². The summed E-state index contributed by atoms with van der Waals surface area (Å²) in [5.74, 6) is -1.66. The molecule has 3 rings (SSSR count). The summed E-state index contributed by atoms with van der Waals surface area (Å²) in [7, 11) is 0. The number of anilines is 1. The van der Waals surface area contributed by atoms with Crippen LogP contribution in [-0.4, -0.2) is 11.9 Å². The highest BCUT2D eigenvalue weighted by atomic mass is 32.1. The summed E-state index contributed by atoms with van der Waals surface area (Å²) in [6, 6.07) is 18.0. The molecule has 24 heavy (non-hydrogen) atoms. The molecule has 4 nitrogen and oxygen atoms in total. The number of thiophene rings is 1. The van der Waals surface area contributed by atoms with Gasteiger partial charge in [0, 0.05) is 16.0 Å². The van der Waals surface area contributed by atoms with Gasteiger partial charge >= 0.3 is 0 Å². The van der Waals surface area contributed by atoms with E-state index in [9.17, 15) is 14.7 Å². The SMILES string of the molecule is Cc1cccc(C(=O)Nc2sc(-c3ccccc3)cc2C(=O)[O-])c1. The number of benzene rings is 2. The second kappa shape index (κ2) is 6.68. The molecule has 0 saturated carbocycles. The van der Waals surface area contributed by atoms with Crippen molar-refractivity contribution in [3.05, 3.63) is 77.4 Å². The second-order valence-electron chi connectivity index (χ2n) is 5.33. The number of hydrogen-bond donors (Lipinski definition) is 1. The maximum atomic E-state index is 12.4. The normalized spacial score (nSPS) is 10.4. The van der Waals surface area contributed by atoms with Crippen LogP contribution in [0.5, 0.6) is 0 Å². The average molecular weight is 336 g/mol. The molecule has 0 spiro atoms. The Kier molecular flexibility index (Phi) is 4.44. The highest BCUT2D eigenvalue weighted by Crippen LogP contribution is 2.35. The van der Waals surface area contributed by atoms with Gasteiger partial charge < -0.3 is 15.2 Å². The van der Waals surface area contributed by atoms with Crippen molar-refractivity contribution in [3.63, 3.8) is 0 Å². The van der Waals surface area contributed by atoms with Crippen molar-refractivity contribution in [1.82, 2.24) is 0 Å². The van der Waals surface area contributed by atoms with E-state index in [1.165, 1.54) is 17.4 Å². The van der Waals surface area contributed by atoms with Gasteiger partial charge in [-0.3, -0.25) is 4.79 Å². The topological polar surface area (TPSA) is 69.2 Å². The average Bonchev–Trinajstić information content (AvgIpc) is 3.00. The van der Waals surface area contributed by atoms with Crippen molar-refractivity contribution >= 4 is 28.2 Å². The lowest BCUT2D eigenvalue weighted by Gasteiger charge is -2.07. The Labute approximate surface area is 143 Å². The van der Waals surface area contributed by atoms with Crippen LogP contribution >= 0.6 is 11.3 Å². The number of rotatable bonds is 4. The highest BCUT2D eigenvalue weighted by Gasteiger charge is 2.15. The monoisotopic (exact) mass is 336 g/mol. The van der Waals surface area contributed by atoms with Crippen molar-refractivity contribution in [2.24, 2.45) is 0 Å². The predicted octanol–water partition coefficient (Wildman–Crippen LogP) is 3.34.